The van der Waals surface area contributed by atoms with Crippen LogP contribution in [0.15, 0.2) is 42.6 Å². The zero-order chi connectivity index (χ0) is 15.8. The van der Waals surface area contributed by atoms with Gasteiger partial charge in [-0.25, -0.2) is 4.98 Å². The Balaban J connectivity index is 1.72. The second-order valence-corrected chi connectivity index (χ2v) is 5.51. The van der Waals surface area contributed by atoms with Crippen molar-refractivity contribution in [3.05, 3.63) is 53.2 Å². The monoisotopic (exact) mass is 335 g/mol. The van der Waals surface area contributed by atoms with Gasteiger partial charge < -0.3 is 15.4 Å². The van der Waals surface area contributed by atoms with Gasteiger partial charge in [0.1, 0.15) is 0 Å². The van der Waals surface area contributed by atoms with Gasteiger partial charge in [0.05, 0.1) is 7.11 Å². The quantitative estimate of drug-likeness (QED) is 0.623. The minimum absolute atomic E-state index is 0.535. The van der Waals surface area contributed by atoms with Crippen LogP contribution in [0.3, 0.4) is 0 Å². The molecule has 2 aromatic rings. The predicted octanol–water partition coefficient (Wildman–Crippen LogP) is 3.66. The summed E-state index contributed by atoms with van der Waals surface area (Å²) in [4.78, 5) is 4.20. The summed E-state index contributed by atoms with van der Waals surface area (Å²) in [5, 5.41) is 7.49. The van der Waals surface area contributed by atoms with Crippen LogP contribution in [0, 0.1) is 0 Å². The fraction of sp³-hybridized carbons (Fsp3) is 0.250. The molecule has 0 aliphatic carbocycles. The van der Waals surface area contributed by atoms with Gasteiger partial charge in [0.2, 0.25) is 0 Å². The molecule has 4 nitrogen and oxygen atoms in total. The normalized spacial score (nSPS) is 10.1. The van der Waals surface area contributed by atoms with Crippen LogP contribution >= 0.6 is 23.8 Å². The summed E-state index contributed by atoms with van der Waals surface area (Å²) in [7, 11) is 1.60. The largest absolute Gasteiger partial charge is 0.493 e. The fourth-order valence-corrected chi connectivity index (χ4v) is 2.27. The topological polar surface area (TPSA) is 46.2 Å². The number of aryl methyl sites for hydroxylation is 1. The number of hydrogen-bond donors (Lipinski definition) is 2. The Labute approximate surface area is 140 Å². The van der Waals surface area contributed by atoms with E-state index in [1.807, 2.05) is 36.4 Å². The Hall–Kier alpha value is -1.85. The van der Waals surface area contributed by atoms with Crippen molar-refractivity contribution in [2.24, 2.45) is 0 Å². The Bertz CT molecular complexity index is 619. The van der Waals surface area contributed by atoms with E-state index in [0.29, 0.717) is 16.7 Å². The van der Waals surface area contributed by atoms with E-state index < -0.39 is 0 Å². The number of methoxy groups -OCH3 is 1. The molecule has 1 aromatic carbocycles. The lowest BCUT2D eigenvalue weighted by atomic mass is 10.1. The summed E-state index contributed by atoms with van der Waals surface area (Å²) in [6.45, 7) is 0.781. The first-order valence-corrected chi connectivity index (χ1v) is 7.76. The number of pyridine rings is 1. The van der Waals surface area contributed by atoms with E-state index in [-0.39, 0.29) is 0 Å². The van der Waals surface area contributed by atoms with Gasteiger partial charge in [-0.2, -0.15) is 0 Å². The van der Waals surface area contributed by atoms with E-state index in [2.05, 4.69) is 15.6 Å². The molecule has 2 N–H and O–H groups in total. The molecule has 1 aromatic heterocycles. The van der Waals surface area contributed by atoms with Crippen molar-refractivity contribution in [2.75, 3.05) is 19.0 Å². The van der Waals surface area contributed by atoms with E-state index in [1.165, 1.54) is 5.56 Å². The summed E-state index contributed by atoms with van der Waals surface area (Å²) in [6.07, 6.45) is 3.64. The first kappa shape index (κ1) is 16.5. The summed E-state index contributed by atoms with van der Waals surface area (Å²) >= 11 is 11.1. The Morgan fingerprint density at radius 2 is 2.05 bits per heavy atom. The minimum atomic E-state index is 0.535. The molecular weight excluding hydrogens is 318 g/mol. The summed E-state index contributed by atoms with van der Waals surface area (Å²) in [6, 6.07) is 11.5. The maximum atomic E-state index is 5.86. The summed E-state index contributed by atoms with van der Waals surface area (Å²) in [5.41, 5.74) is 1.26. The van der Waals surface area contributed by atoms with Crippen LogP contribution in [0.4, 0.5) is 5.82 Å². The standard InChI is InChI=1S/C16H18ClN3OS/c1-21-14-5-3-10-18-15(14)20-16(22)19-11-2-4-12-6-8-13(17)9-7-12/h3,5-10H,2,4,11H2,1H3,(H2,18,19,20,22). The Kier molecular flexibility index (Phi) is 6.43. The number of anilines is 1. The van der Waals surface area contributed by atoms with Crippen LogP contribution in [0.1, 0.15) is 12.0 Å². The third kappa shape index (κ3) is 5.16. The smallest absolute Gasteiger partial charge is 0.174 e. The highest BCUT2D eigenvalue weighted by Gasteiger charge is 2.04. The van der Waals surface area contributed by atoms with Crippen molar-refractivity contribution in [2.45, 2.75) is 12.8 Å². The van der Waals surface area contributed by atoms with Crippen molar-refractivity contribution in [1.82, 2.24) is 10.3 Å². The molecule has 1 heterocycles. The average Bonchev–Trinajstić information content (AvgIpc) is 2.54. The number of nitrogens with one attached hydrogen (secondary N) is 2. The lowest BCUT2D eigenvalue weighted by molar-refractivity contribution is 0.415. The van der Waals surface area contributed by atoms with E-state index in [4.69, 9.17) is 28.6 Å². The van der Waals surface area contributed by atoms with Crippen molar-refractivity contribution in [1.29, 1.82) is 0 Å². The predicted molar refractivity (Wildman–Crippen MR) is 94.8 cm³/mol. The molecule has 0 radical (unpaired) electrons. The van der Waals surface area contributed by atoms with Crippen LogP contribution in [0.5, 0.6) is 5.75 Å². The average molecular weight is 336 g/mol. The van der Waals surface area contributed by atoms with E-state index in [9.17, 15) is 0 Å². The molecular formula is C16H18ClN3OS. The van der Waals surface area contributed by atoms with E-state index in [1.54, 1.807) is 13.3 Å². The van der Waals surface area contributed by atoms with Crippen LogP contribution in [0.25, 0.3) is 0 Å². The van der Waals surface area contributed by atoms with Gasteiger partial charge in [0.25, 0.3) is 0 Å². The molecule has 0 atom stereocenters. The molecule has 0 spiro atoms. The van der Waals surface area contributed by atoms with Crippen LogP contribution in [0.2, 0.25) is 5.02 Å². The van der Waals surface area contributed by atoms with Gasteiger partial charge in [0, 0.05) is 17.8 Å². The maximum Gasteiger partial charge on any atom is 0.174 e. The second kappa shape index (κ2) is 8.56. The highest BCUT2D eigenvalue weighted by molar-refractivity contribution is 7.80. The zero-order valence-corrected chi connectivity index (χ0v) is 13.9. The molecule has 0 fully saturated rings. The highest BCUT2D eigenvalue weighted by atomic mass is 35.5. The number of thiocarbonyl (C=S) groups is 1. The fourth-order valence-electron chi connectivity index (χ4n) is 1.95. The molecule has 0 aliphatic rings. The Morgan fingerprint density at radius 1 is 1.27 bits per heavy atom. The number of ether oxygens (including phenoxy) is 1. The number of hydrogen-bond acceptors (Lipinski definition) is 3. The minimum Gasteiger partial charge on any atom is -0.493 e. The van der Waals surface area contributed by atoms with Crippen molar-refractivity contribution in [3.8, 4) is 5.75 Å². The lowest BCUT2D eigenvalue weighted by Gasteiger charge is -2.12. The van der Waals surface area contributed by atoms with Crippen LogP contribution in [-0.2, 0) is 6.42 Å². The van der Waals surface area contributed by atoms with Gasteiger partial charge in [-0.3, -0.25) is 0 Å². The van der Waals surface area contributed by atoms with Crippen molar-refractivity contribution in [3.63, 3.8) is 0 Å². The summed E-state index contributed by atoms with van der Waals surface area (Å²) in [5.74, 6) is 1.27. The number of nitrogens with zero attached hydrogens (tertiary/aromatic N) is 1. The number of benzene rings is 1. The molecule has 0 aliphatic heterocycles. The number of rotatable bonds is 6. The van der Waals surface area contributed by atoms with Gasteiger partial charge in [-0.1, -0.05) is 23.7 Å². The van der Waals surface area contributed by atoms with Crippen molar-refractivity contribution < 1.29 is 4.74 Å². The molecule has 116 valence electrons. The van der Waals surface area contributed by atoms with Crippen LogP contribution in [-0.4, -0.2) is 23.8 Å². The lowest BCUT2D eigenvalue weighted by Crippen LogP contribution is -2.30. The first-order valence-electron chi connectivity index (χ1n) is 6.97. The number of aromatic nitrogens is 1. The van der Waals surface area contributed by atoms with Crippen LogP contribution < -0.4 is 15.4 Å². The molecule has 0 saturated heterocycles. The third-order valence-electron chi connectivity index (χ3n) is 3.06. The van der Waals surface area contributed by atoms with Gasteiger partial charge in [-0.05, 0) is 54.9 Å². The number of halogens is 1. The first-order chi connectivity index (χ1) is 10.7. The highest BCUT2D eigenvalue weighted by Crippen LogP contribution is 2.19. The molecule has 0 amide bonds. The van der Waals surface area contributed by atoms with E-state index >= 15 is 0 Å². The molecule has 2 rings (SSSR count). The summed E-state index contributed by atoms with van der Waals surface area (Å²) < 4.78 is 5.22. The van der Waals surface area contributed by atoms with Gasteiger partial charge in [-0.15, -0.1) is 0 Å². The molecule has 22 heavy (non-hydrogen) atoms. The molecule has 0 unspecified atom stereocenters. The maximum absolute atomic E-state index is 5.86. The molecule has 0 saturated carbocycles. The zero-order valence-electron chi connectivity index (χ0n) is 12.3. The van der Waals surface area contributed by atoms with Crippen molar-refractivity contribution >= 4 is 34.7 Å². The second-order valence-electron chi connectivity index (χ2n) is 4.67. The van der Waals surface area contributed by atoms with Gasteiger partial charge >= 0.3 is 0 Å². The Morgan fingerprint density at radius 3 is 2.77 bits per heavy atom. The van der Waals surface area contributed by atoms with Gasteiger partial charge in [0.15, 0.2) is 16.7 Å². The SMILES string of the molecule is COc1cccnc1NC(=S)NCCCc1ccc(Cl)cc1. The molecule has 0 bridgehead atoms. The third-order valence-corrected chi connectivity index (χ3v) is 3.56. The molecule has 6 heteroatoms. The van der Waals surface area contributed by atoms with E-state index in [0.717, 1.165) is 24.4 Å².